The fourth-order valence-electron chi connectivity index (χ4n) is 2.13. The number of hydrogen-bond acceptors (Lipinski definition) is 4. The summed E-state index contributed by atoms with van der Waals surface area (Å²) in [6.45, 7) is 0.601. The predicted molar refractivity (Wildman–Crippen MR) is 73.0 cm³/mol. The third-order valence-corrected chi connectivity index (χ3v) is 3.77. The molecule has 1 amide bonds. The normalized spacial score (nSPS) is 15.8. The van der Waals surface area contributed by atoms with Crippen molar-refractivity contribution >= 4 is 5.91 Å². The minimum Gasteiger partial charge on any atom is -0.396 e. The van der Waals surface area contributed by atoms with Crippen LogP contribution in [0.3, 0.4) is 0 Å². The number of amides is 1. The summed E-state index contributed by atoms with van der Waals surface area (Å²) in [6.07, 6.45) is 3.34. The molecule has 5 nitrogen and oxygen atoms in total. The van der Waals surface area contributed by atoms with E-state index in [1.807, 2.05) is 30.3 Å². The second-order valence-corrected chi connectivity index (χ2v) is 5.28. The van der Waals surface area contributed by atoms with Crippen molar-refractivity contribution in [2.24, 2.45) is 5.41 Å². The van der Waals surface area contributed by atoms with E-state index in [4.69, 9.17) is 4.52 Å². The molecule has 1 heterocycles. The van der Waals surface area contributed by atoms with Crippen molar-refractivity contribution in [3.63, 3.8) is 0 Å². The van der Waals surface area contributed by atoms with Gasteiger partial charge in [-0.15, -0.1) is 0 Å². The average Bonchev–Trinajstić information content (AvgIpc) is 3.12. The van der Waals surface area contributed by atoms with Gasteiger partial charge in [-0.05, 0) is 12.8 Å². The molecule has 0 saturated heterocycles. The van der Waals surface area contributed by atoms with Gasteiger partial charge in [0, 0.05) is 17.5 Å². The van der Waals surface area contributed by atoms with Crippen LogP contribution >= 0.6 is 0 Å². The quantitative estimate of drug-likeness (QED) is 0.871. The number of nitrogens with one attached hydrogen (secondary N) is 1. The molecular formula is C15H16N2O3. The Labute approximate surface area is 116 Å². The molecule has 0 radical (unpaired) electrons. The van der Waals surface area contributed by atoms with Gasteiger partial charge in [-0.1, -0.05) is 35.5 Å². The molecule has 1 fully saturated rings. The summed E-state index contributed by atoms with van der Waals surface area (Å²) in [4.78, 5) is 12.2. The van der Waals surface area contributed by atoms with Gasteiger partial charge in [0.25, 0.3) is 5.91 Å². The molecule has 0 unspecified atom stereocenters. The standard InChI is InChI=1S/C15H16N2O3/c18-10-15(6-7-15)9-16-14(19)12-8-17-20-13(12)11-4-2-1-3-5-11/h1-5,8,18H,6-7,9-10H2,(H,16,19). The molecule has 2 N–H and O–H groups in total. The van der Waals surface area contributed by atoms with Gasteiger partial charge >= 0.3 is 0 Å². The van der Waals surface area contributed by atoms with Crippen LogP contribution in [-0.4, -0.2) is 29.3 Å². The van der Waals surface area contributed by atoms with Crippen LogP contribution in [0, 0.1) is 5.41 Å². The summed E-state index contributed by atoms with van der Waals surface area (Å²) < 4.78 is 5.19. The highest BCUT2D eigenvalue weighted by atomic mass is 16.5. The Morgan fingerprint density at radius 2 is 2.10 bits per heavy atom. The van der Waals surface area contributed by atoms with E-state index in [0.29, 0.717) is 17.9 Å². The van der Waals surface area contributed by atoms with E-state index in [-0.39, 0.29) is 17.9 Å². The Balaban J connectivity index is 1.74. The maximum absolute atomic E-state index is 12.2. The Morgan fingerprint density at radius 3 is 2.75 bits per heavy atom. The summed E-state index contributed by atoms with van der Waals surface area (Å²) >= 11 is 0. The van der Waals surface area contributed by atoms with E-state index in [1.165, 1.54) is 6.20 Å². The lowest BCUT2D eigenvalue weighted by molar-refractivity contribution is 0.0935. The molecule has 1 aliphatic rings. The number of nitrogens with zero attached hydrogens (tertiary/aromatic N) is 1. The molecule has 2 aromatic rings. The Hall–Kier alpha value is -2.14. The number of hydrogen-bond donors (Lipinski definition) is 2. The molecule has 0 bridgehead atoms. The van der Waals surface area contributed by atoms with Crippen LogP contribution in [0.1, 0.15) is 23.2 Å². The maximum atomic E-state index is 12.2. The van der Waals surface area contributed by atoms with Crippen LogP contribution in [0.25, 0.3) is 11.3 Å². The fraction of sp³-hybridized carbons (Fsp3) is 0.333. The Kier molecular flexibility index (Phi) is 3.28. The van der Waals surface area contributed by atoms with Gasteiger partial charge in [-0.3, -0.25) is 4.79 Å². The van der Waals surface area contributed by atoms with Crippen LogP contribution in [0.2, 0.25) is 0 Å². The van der Waals surface area contributed by atoms with Gasteiger partial charge in [0.05, 0.1) is 12.8 Å². The summed E-state index contributed by atoms with van der Waals surface area (Å²) in [5.74, 6) is 0.252. The monoisotopic (exact) mass is 272 g/mol. The smallest absolute Gasteiger partial charge is 0.256 e. The van der Waals surface area contributed by atoms with Crippen molar-refractivity contribution in [3.8, 4) is 11.3 Å². The van der Waals surface area contributed by atoms with Crippen LogP contribution in [-0.2, 0) is 0 Å². The first-order valence-electron chi connectivity index (χ1n) is 6.63. The molecular weight excluding hydrogens is 256 g/mol. The predicted octanol–water partition coefficient (Wildman–Crippen LogP) is 1.84. The molecule has 1 aromatic heterocycles. The summed E-state index contributed by atoms with van der Waals surface area (Å²) in [5, 5.41) is 15.8. The van der Waals surface area contributed by atoms with Gasteiger partial charge in [-0.25, -0.2) is 0 Å². The van der Waals surface area contributed by atoms with Crippen molar-refractivity contribution in [3.05, 3.63) is 42.1 Å². The highest BCUT2D eigenvalue weighted by Crippen LogP contribution is 2.44. The second-order valence-electron chi connectivity index (χ2n) is 5.28. The Bertz CT molecular complexity index is 603. The van der Waals surface area contributed by atoms with Gasteiger partial charge < -0.3 is 14.9 Å². The van der Waals surface area contributed by atoms with Crippen molar-refractivity contribution < 1.29 is 14.4 Å². The number of benzene rings is 1. The highest BCUT2D eigenvalue weighted by Gasteiger charge is 2.42. The zero-order valence-electron chi connectivity index (χ0n) is 11.0. The zero-order chi connectivity index (χ0) is 14.0. The van der Waals surface area contributed by atoms with Gasteiger partial charge in [0.1, 0.15) is 5.56 Å². The summed E-state index contributed by atoms with van der Waals surface area (Å²) in [5.41, 5.74) is 1.13. The van der Waals surface area contributed by atoms with Crippen molar-refractivity contribution in [1.29, 1.82) is 0 Å². The highest BCUT2D eigenvalue weighted by molar-refractivity contribution is 5.99. The largest absolute Gasteiger partial charge is 0.396 e. The van der Waals surface area contributed by atoms with E-state index >= 15 is 0 Å². The van der Waals surface area contributed by atoms with Gasteiger partial charge in [0.15, 0.2) is 5.76 Å². The average molecular weight is 272 g/mol. The Morgan fingerprint density at radius 1 is 1.35 bits per heavy atom. The topological polar surface area (TPSA) is 75.4 Å². The van der Waals surface area contributed by atoms with Gasteiger partial charge in [-0.2, -0.15) is 0 Å². The molecule has 104 valence electrons. The SMILES string of the molecule is O=C(NCC1(CO)CC1)c1cnoc1-c1ccccc1. The number of aromatic nitrogens is 1. The van der Waals surface area contributed by atoms with E-state index < -0.39 is 0 Å². The first kappa shape index (κ1) is 12.9. The minimum absolute atomic E-state index is 0.111. The second kappa shape index (κ2) is 5.09. The van der Waals surface area contributed by atoms with E-state index in [1.54, 1.807) is 0 Å². The van der Waals surface area contributed by atoms with E-state index in [9.17, 15) is 9.90 Å². The van der Waals surface area contributed by atoms with Crippen LogP contribution in [0.15, 0.2) is 41.1 Å². The molecule has 1 saturated carbocycles. The third-order valence-electron chi connectivity index (χ3n) is 3.77. The zero-order valence-corrected chi connectivity index (χ0v) is 11.0. The van der Waals surface area contributed by atoms with Gasteiger partial charge in [0.2, 0.25) is 0 Å². The number of rotatable bonds is 5. The molecule has 1 aromatic carbocycles. The summed E-state index contributed by atoms with van der Waals surface area (Å²) in [7, 11) is 0. The van der Waals surface area contributed by atoms with E-state index in [0.717, 1.165) is 18.4 Å². The van der Waals surface area contributed by atoms with Crippen LogP contribution in [0.4, 0.5) is 0 Å². The molecule has 0 atom stereocenters. The van der Waals surface area contributed by atoms with Crippen LogP contribution in [0.5, 0.6) is 0 Å². The molecule has 0 spiro atoms. The molecule has 5 heteroatoms. The number of aliphatic hydroxyl groups excluding tert-OH is 1. The van der Waals surface area contributed by atoms with Crippen LogP contribution < -0.4 is 5.32 Å². The fourth-order valence-corrected chi connectivity index (χ4v) is 2.13. The van der Waals surface area contributed by atoms with Crippen molar-refractivity contribution in [2.75, 3.05) is 13.2 Å². The van der Waals surface area contributed by atoms with E-state index in [2.05, 4.69) is 10.5 Å². The lowest BCUT2D eigenvalue weighted by atomic mass is 10.1. The first-order chi connectivity index (χ1) is 9.74. The number of carbonyl (C=O) groups excluding carboxylic acids is 1. The van der Waals surface area contributed by atoms with Crippen molar-refractivity contribution in [2.45, 2.75) is 12.8 Å². The van der Waals surface area contributed by atoms with Crippen molar-refractivity contribution in [1.82, 2.24) is 10.5 Å². The number of carbonyl (C=O) groups is 1. The molecule has 20 heavy (non-hydrogen) atoms. The minimum atomic E-state index is -0.218. The number of aliphatic hydroxyl groups is 1. The lowest BCUT2D eigenvalue weighted by Gasteiger charge is -2.12. The first-order valence-corrected chi connectivity index (χ1v) is 6.63. The maximum Gasteiger partial charge on any atom is 0.256 e. The lowest BCUT2D eigenvalue weighted by Crippen LogP contribution is -2.31. The summed E-state index contributed by atoms with van der Waals surface area (Å²) in [6, 6.07) is 9.40. The molecule has 1 aliphatic carbocycles. The third kappa shape index (κ3) is 2.44. The molecule has 0 aliphatic heterocycles. The molecule has 3 rings (SSSR count).